The van der Waals surface area contributed by atoms with Crippen LogP contribution in [0, 0.1) is 11.8 Å². The molecule has 0 saturated carbocycles. The summed E-state index contributed by atoms with van der Waals surface area (Å²) >= 11 is 5.57. The largest absolute Gasteiger partial charge is 0.493 e. The van der Waals surface area contributed by atoms with Crippen molar-refractivity contribution in [1.82, 2.24) is 9.78 Å². The lowest BCUT2D eigenvalue weighted by molar-refractivity contribution is 0.322. The third-order valence-corrected chi connectivity index (χ3v) is 2.91. The molecule has 0 spiro atoms. The van der Waals surface area contributed by atoms with Crippen LogP contribution in [0.1, 0.15) is 17.5 Å². The number of hydrogen-bond acceptors (Lipinski definition) is 2. The molecule has 0 aliphatic heterocycles. The molecule has 0 aliphatic rings. The van der Waals surface area contributed by atoms with Crippen LogP contribution in [-0.2, 0) is 13.5 Å². The second-order valence-electron chi connectivity index (χ2n) is 4.39. The minimum Gasteiger partial charge on any atom is -0.493 e. The van der Waals surface area contributed by atoms with Gasteiger partial charge in [0.25, 0.3) is 0 Å². The van der Waals surface area contributed by atoms with E-state index in [1.54, 1.807) is 4.68 Å². The highest BCUT2D eigenvalue weighted by Gasteiger charge is 1.98. The number of rotatable bonds is 5. The molecule has 0 bridgehead atoms. The van der Waals surface area contributed by atoms with Crippen LogP contribution in [0.5, 0.6) is 5.75 Å². The number of ether oxygens (including phenoxy) is 1. The van der Waals surface area contributed by atoms with Gasteiger partial charge in [-0.1, -0.05) is 11.8 Å². The summed E-state index contributed by atoms with van der Waals surface area (Å²) < 4.78 is 7.49. The number of aromatic nitrogens is 2. The maximum Gasteiger partial charge on any atom is 0.119 e. The first-order valence-corrected chi connectivity index (χ1v) is 7.06. The van der Waals surface area contributed by atoms with E-state index < -0.39 is 0 Å². The van der Waals surface area contributed by atoms with Crippen LogP contribution in [0.15, 0.2) is 36.7 Å². The number of nitrogens with zero attached hydrogens (tertiary/aromatic N) is 2. The van der Waals surface area contributed by atoms with Gasteiger partial charge in [-0.05, 0) is 29.8 Å². The number of halogens is 1. The topological polar surface area (TPSA) is 27.1 Å². The second kappa shape index (κ2) is 7.62. The third-order valence-electron chi connectivity index (χ3n) is 2.72. The van der Waals surface area contributed by atoms with Gasteiger partial charge in [-0.3, -0.25) is 4.68 Å². The van der Waals surface area contributed by atoms with Crippen molar-refractivity contribution in [3.05, 3.63) is 47.8 Å². The Labute approximate surface area is 124 Å². The first kappa shape index (κ1) is 14.5. The molecule has 0 unspecified atom stereocenters. The summed E-state index contributed by atoms with van der Waals surface area (Å²) in [4.78, 5) is 0. The molecule has 0 aliphatic carbocycles. The lowest BCUT2D eigenvalue weighted by atomic mass is 10.2. The summed E-state index contributed by atoms with van der Waals surface area (Å²) in [6.07, 6.45) is 5.42. The zero-order chi connectivity index (χ0) is 14.2. The van der Waals surface area contributed by atoms with E-state index in [2.05, 4.69) is 16.9 Å². The first-order valence-electron chi connectivity index (χ1n) is 6.53. The smallest absolute Gasteiger partial charge is 0.119 e. The highest BCUT2D eigenvalue weighted by Crippen LogP contribution is 2.12. The molecule has 2 aromatic rings. The van der Waals surface area contributed by atoms with Crippen molar-refractivity contribution in [2.45, 2.75) is 12.8 Å². The fourth-order valence-corrected chi connectivity index (χ4v) is 1.83. The molecule has 3 nitrogen and oxygen atoms in total. The number of alkyl halides is 1. The highest BCUT2D eigenvalue weighted by atomic mass is 35.5. The molecule has 4 heteroatoms. The van der Waals surface area contributed by atoms with Gasteiger partial charge in [0.15, 0.2) is 0 Å². The third kappa shape index (κ3) is 4.64. The lowest BCUT2D eigenvalue weighted by Crippen LogP contribution is -2.00. The van der Waals surface area contributed by atoms with Crippen molar-refractivity contribution < 1.29 is 4.74 Å². The van der Waals surface area contributed by atoms with Crippen LogP contribution in [0.4, 0.5) is 0 Å². The normalized spacial score (nSPS) is 9.90. The minimum absolute atomic E-state index is 0.572. The molecule has 0 radical (unpaired) electrons. The summed E-state index contributed by atoms with van der Waals surface area (Å²) in [6.45, 7) is 0.642. The van der Waals surface area contributed by atoms with Crippen LogP contribution in [0.2, 0.25) is 0 Å². The van der Waals surface area contributed by atoms with Crippen LogP contribution in [0.3, 0.4) is 0 Å². The maximum atomic E-state index is 5.69. The van der Waals surface area contributed by atoms with Gasteiger partial charge in [0.05, 0.1) is 12.8 Å². The Bertz CT molecular complexity index is 593. The van der Waals surface area contributed by atoms with Crippen LogP contribution in [0.25, 0.3) is 0 Å². The number of benzene rings is 1. The van der Waals surface area contributed by atoms with Gasteiger partial charge >= 0.3 is 0 Å². The molecule has 1 heterocycles. The summed E-state index contributed by atoms with van der Waals surface area (Å²) in [5.74, 6) is 7.49. The molecule has 0 amide bonds. The van der Waals surface area contributed by atoms with Gasteiger partial charge in [-0.2, -0.15) is 5.10 Å². The Morgan fingerprint density at radius 3 is 2.75 bits per heavy atom. The van der Waals surface area contributed by atoms with Crippen LogP contribution < -0.4 is 4.74 Å². The summed E-state index contributed by atoms with van der Waals surface area (Å²) in [6, 6.07) is 7.79. The van der Waals surface area contributed by atoms with Gasteiger partial charge < -0.3 is 4.74 Å². The first-order chi connectivity index (χ1) is 9.78. The molecule has 0 saturated heterocycles. The Kier molecular flexibility index (Phi) is 5.52. The Morgan fingerprint density at radius 2 is 2.10 bits per heavy atom. The molecular weight excluding hydrogens is 272 g/mol. The molecule has 2 rings (SSSR count). The van der Waals surface area contributed by atoms with Crippen molar-refractivity contribution in [1.29, 1.82) is 0 Å². The van der Waals surface area contributed by atoms with Gasteiger partial charge in [0.2, 0.25) is 0 Å². The van der Waals surface area contributed by atoms with Crippen molar-refractivity contribution >= 4 is 11.6 Å². The second-order valence-corrected chi connectivity index (χ2v) is 4.76. The van der Waals surface area contributed by atoms with E-state index in [4.69, 9.17) is 16.3 Å². The average molecular weight is 289 g/mol. The Hall–Kier alpha value is -1.92. The van der Waals surface area contributed by atoms with E-state index in [-0.39, 0.29) is 0 Å². The standard InChI is InChI=1S/C16H17ClN2O/c1-19-13-15(12-18-19)9-11-20-16-7-5-14(6-8-16)4-2-3-10-17/h5-8,12-13H,3,9-11H2,1H3. The molecule has 20 heavy (non-hydrogen) atoms. The highest BCUT2D eigenvalue weighted by molar-refractivity contribution is 6.18. The van der Waals surface area contributed by atoms with E-state index in [1.807, 2.05) is 43.7 Å². The summed E-state index contributed by atoms with van der Waals surface area (Å²) in [7, 11) is 1.91. The van der Waals surface area contributed by atoms with Crippen LogP contribution >= 0.6 is 11.6 Å². The molecule has 1 aromatic heterocycles. The molecule has 1 aromatic carbocycles. The van der Waals surface area contributed by atoms with Crippen molar-refractivity contribution in [2.75, 3.05) is 12.5 Å². The van der Waals surface area contributed by atoms with E-state index >= 15 is 0 Å². The van der Waals surface area contributed by atoms with Crippen molar-refractivity contribution in [3.8, 4) is 17.6 Å². The van der Waals surface area contributed by atoms with Crippen molar-refractivity contribution in [2.24, 2.45) is 7.05 Å². The quantitative estimate of drug-likeness (QED) is 0.625. The maximum absolute atomic E-state index is 5.69. The molecule has 104 valence electrons. The summed E-state index contributed by atoms with van der Waals surface area (Å²) in [5.41, 5.74) is 2.16. The zero-order valence-corrected chi connectivity index (χ0v) is 12.2. The Balaban J connectivity index is 1.80. The number of aryl methyl sites for hydroxylation is 1. The molecule has 0 N–H and O–H groups in total. The fraction of sp³-hybridized carbons (Fsp3) is 0.312. The minimum atomic E-state index is 0.572. The SMILES string of the molecule is Cn1cc(CCOc2ccc(C#CCCCl)cc2)cn1. The zero-order valence-electron chi connectivity index (χ0n) is 11.5. The van der Waals surface area contributed by atoms with Crippen LogP contribution in [-0.4, -0.2) is 22.3 Å². The van der Waals surface area contributed by atoms with Gasteiger partial charge in [-0.25, -0.2) is 0 Å². The monoisotopic (exact) mass is 288 g/mol. The van der Waals surface area contributed by atoms with E-state index in [0.29, 0.717) is 18.9 Å². The molecule has 0 fully saturated rings. The van der Waals surface area contributed by atoms with Gasteiger partial charge in [0, 0.05) is 37.5 Å². The van der Waals surface area contributed by atoms with E-state index in [1.165, 1.54) is 5.56 Å². The van der Waals surface area contributed by atoms with E-state index in [0.717, 1.165) is 17.7 Å². The molecule has 0 atom stereocenters. The van der Waals surface area contributed by atoms with Gasteiger partial charge in [0.1, 0.15) is 5.75 Å². The lowest BCUT2D eigenvalue weighted by Gasteiger charge is -2.04. The predicted octanol–water partition coefficient (Wildman–Crippen LogP) is 3.02. The molecular formula is C16H17ClN2O. The predicted molar refractivity (Wildman–Crippen MR) is 81.1 cm³/mol. The average Bonchev–Trinajstić information content (AvgIpc) is 2.87. The van der Waals surface area contributed by atoms with Gasteiger partial charge in [-0.15, -0.1) is 11.6 Å². The number of hydrogen-bond donors (Lipinski definition) is 0. The summed E-state index contributed by atoms with van der Waals surface area (Å²) in [5, 5.41) is 4.13. The fourth-order valence-electron chi connectivity index (χ4n) is 1.73. The van der Waals surface area contributed by atoms with Crippen molar-refractivity contribution in [3.63, 3.8) is 0 Å². The Morgan fingerprint density at radius 1 is 1.30 bits per heavy atom. The van der Waals surface area contributed by atoms with E-state index in [9.17, 15) is 0 Å².